The van der Waals surface area contributed by atoms with Crippen LogP contribution in [0.2, 0.25) is 0 Å². The SMILES string of the molecule is [B+2]c1ccc(OCc2ccc3ccccc3n2)cc1.[OH-].[OH-]. The zero-order chi connectivity index (χ0) is 13.1. The molecule has 0 bridgehead atoms. The van der Waals surface area contributed by atoms with E-state index in [1.54, 1.807) is 0 Å². The molecule has 2 N–H and O–H groups in total. The van der Waals surface area contributed by atoms with Gasteiger partial charge in [-0.15, -0.1) is 0 Å². The van der Waals surface area contributed by atoms with Gasteiger partial charge >= 0.3 is 113 Å². The molecule has 4 nitrogen and oxygen atoms in total. The van der Waals surface area contributed by atoms with Crippen LogP contribution in [0.25, 0.3) is 10.9 Å². The van der Waals surface area contributed by atoms with Crippen LogP contribution in [0, 0.1) is 0 Å². The zero-order valence-electron chi connectivity index (χ0n) is 11.3. The molecule has 2 aromatic carbocycles. The number of hydrogen-bond donors (Lipinski definition) is 0. The van der Waals surface area contributed by atoms with Gasteiger partial charge in [-0.25, -0.2) is 0 Å². The van der Waals surface area contributed by atoms with Crippen LogP contribution in [0.5, 0.6) is 5.75 Å². The predicted octanol–water partition coefficient (Wildman–Crippen LogP) is 2.25. The number of aromatic nitrogens is 1. The largest absolute Gasteiger partial charge is 0.870 e. The van der Waals surface area contributed by atoms with Gasteiger partial charge in [-0.05, 0) is 0 Å². The first-order chi connectivity index (χ1) is 9.31. The molecule has 0 radical (unpaired) electrons. The number of rotatable bonds is 3. The Bertz CT molecular complexity index is 701. The Balaban J connectivity index is 0.00000110. The van der Waals surface area contributed by atoms with Crippen molar-refractivity contribution in [2.75, 3.05) is 0 Å². The second-order valence-corrected chi connectivity index (χ2v) is 4.35. The average Bonchev–Trinajstić information content (AvgIpc) is 2.46. The molecule has 0 aliphatic rings. The third kappa shape index (κ3) is 4.05. The van der Waals surface area contributed by atoms with Crippen LogP contribution < -0.4 is 10.2 Å². The first-order valence-electron chi connectivity index (χ1n) is 6.14. The van der Waals surface area contributed by atoms with Crippen molar-refractivity contribution < 1.29 is 15.7 Å². The number of para-hydroxylation sites is 1. The molecule has 3 rings (SSSR count). The molecule has 0 atom stereocenters. The van der Waals surface area contributed by atoms with Gasteiger partial charge in [0.05, 0.1) is 0 Å². The van der Waals surface area contributed by atoms with Crippen LogP contribution in [-0.4, -0.2) is 23.8 Å². The van der Waals surface area contributed by atoms with Crippen molar-refractivity contribution in [2.24, 2.45) is 0 Å². The van der Waals surface area contributed by atoms with E-state index < -0.39 is 0 Å². The molecule has 3 aromatic rings. The summed E-state index contributed by atoms with van der Waals surface area (Å²) in [6.07, 6.45) is 0. The number of pyridine rings is 1. The molecule has 0 spiro atoms. The summed E-state index contributed by atoms with van der Waals surface area (Å²) in [6, 6.07) is 19.5. The van der Waals surface area contributed by atoms with Crippen LogP contribution in [0.4, 0.5) is 0 Å². The van der Waals surface area contributed by atoms with Crippen LogP contribution in [0.15, 0.2) is 60.7 Å². The molecule has 0 saturated carbocycles. The van der Waals surface area contributed by atoms with E-state index in [1.165, 1.54) is 0 Å². The van der Waals surface area contributed by atoms with E-state index in [0.717, 1.165) is 27.8 Å². The molecule has 1 aromatic heterocycles. The monoisotopic (exact) mass is 279 g/mol. The molecule has 21 heavy (non-hydrogen) atoms. The fourth-order valence-corrected chi connectivity index (χ4v) is 1.91. The topological polar surface area (TPSA) is 82.1 Å². The van der Waals surface area contributed by atoms with Crippen LogP contribution >= 0.6 is 0 Å². The van der Waals surface area contributed by atoms with E-state index in [4.69, 9.17) is 12.6 Å². The molecule has 104 valence electrons. The third-order valence-electron chi connectivity index (χ3n) is 2.92. The quantitative estimate of drug-likeness (QED) is 0.688. The molecular weight excluding hydrogens is 265 g/mol. The fourth-order valence-electron chi connectivity index (χ4n) is 1.91. The minimum Gasteiger partial charge on any atom is -0.870 e. The summed E-state index contributed by atoms with van der Waals surface area (Å²) in [7, 11) is 5.63. The maximum Gasteiger partial charge on any atom is -0.870 e. The van der Waals surface area contributed by atoms with Crippen molar-refractivity contribution >= 4 is 24.2 Å². The second kappa shape index (κ2) is 7.43. The van der Waals surface area contributed by atoms with Crippen molar-refractivity contribution in [1.29, 1.82) is 0 Å². The molecule has 0 unspecified atom stereocenters. The van der Waals surface area contributed by atoms with E-state index in [-0.39, 0.29) is 11.0 Å². The van der Waals surface area contributed by atoms with Gasteiger partial charge in [0.1, 0.15) is 0 Å². The van der Waals surface area contributed by atoms with E-state index in [9.17, 15) is 0 Å². The minimum atomic E-state index is 0. The van der Waals surface area contributed by atoms with Crippen molar-refractivity contribution in [3.8, 4) is 5.75 Å². The van der Waals surface area contributed by atoms with Gasteiger partial charge in [0.25, 0.3) is 0 Å². The molecule has 0 fully saturated rings. The first kappa shape index (κ1) is 16.7. The Kier molecular flexibility index (Phi) is 5.90. The summed E-state index contributed by atoms with van der Waals surface area (Å²) in [4.78, 5) is 4.56. The number of ether oxygens (including phenoxy) is 1. The third-order valence-corrected chi connectivity index (χ3v) is 2.92. The summed E-state index contributed by atoms with van der Waals surface area (Å²) in [5, 5.41) is 1.14. The van der Waals surface area contributed by atoms with Crippen LogP contribution in [-0.2, 0) is 6.61 Å². The average molecular weight is 279 g/mol. The predicted molar refractivity (Wildman–Crippen MR) is 81.8 cm³/mol. The van der Waals surface area contributed by atoms with Gasteiger partial charge in [0.15, 0.2) is 0 Å². The Morgan fingerprint density at radius 2 is 1.57 bits per heavy atom. The van der Waals surface area contributed by atoms with Gasteiger partial charge in [-0.2, -0.15) is 0 Å². The minimum absolute atomic E-state index is 0. The van der Waals surface area contributed by atoms with E-state index in [1.807, 2.05) is 54.6 Å². The number of benzene rings is 2. The van der Waals surface area contributed by atoms with Crippen molar-refractivity contribution in [3.05, 3.63) is 66.4 Å². The van der Waals surface area contributed by atoms with E-state index >= 15 is 0 Å². The van der Waals surface area contributed by atoms with Crippen molar-refractivity contribution in [2.45, 2.75) is 6.61 Å². The molecule has 0 aliphatic heterocycles. The molecule has 0 saturated heterocycles. The fraction of sp³-hybridized carbons (Fsp3) is 0.0625. The van der Waals surface area contributed by atoms with Gasteiger partial charge < -0.3 is 11.0 Å². The number of fused-ring (bicyclic) bond motifs is 1. The van der Waals surface area contributed by atoms with Crippen LogP contribution in [0.1, 0.15) is 5.69 Å². The van der Waals surface area contributed by atoms with Gasteiger partial charge in [-0.3, -0.25) is 0 Å². The summed E-state index contributed by atoms with van der Waals surface area (Å²) in [6.45, 7) is 0.453. The summed E-state index contributed by atoms with van der Waals surface area (Å²) < 4.78 is 5.68. The van der Waals surface area contributed by atoms with Gasteiger partial charge in [0.2, 0.25) is 0 Å². The molecule has 0 aliphatic carbocycles. The van der Waals surface area contributed by atoms with Gasteiger partial charge in [0, 0.05) is 0 Å². The first-order valence-corrected chi connectivity index (χ1v) is 6.14. The molecule has 0 amide bonds. The summed E-state index contributed by atoms with van der Waals surface area (Å²) in [5.74, 6) is 0.796. The molecular formula is C16H14BNO3. The standard InChI is InChI=1S/C16H12BNO.2H2O/c17-13-6-9-15(10-7-13)19-11-14-8-5-12-3-1-2-4-16(12)18-14;;/h1-10H,11H2;2*1H2/q+2;;/p-2. The van der Waals surface area contributed by atoms with Crippen LogP contribution in [0.3, 0.4) is 0 Å². The molecule has 5 heteroatoms. The maximum absolute atomic E-state index is 5.68. The Labute approximate surface area is 124 Å². The maximum atomic E-state index is 5.68. The van der Waals surface area contributed by atoms with Crippen molar-refractivity contribution in [1.82, 2.24) is 4.98 Å². The van der Waals surface area contributed by atoms with Crippen molar-refractivity contribution in [3.63, 3.8) is 0 Å². The summed E-state index contributed by atoms with van der Waals surface area (Å²) >= 11 is 0. The number of nitrogens with zero attached hydrogens (tertiary/aromatic N) is 1. The van der Waals surface area contributed by atoms with E-state index in [0.29, 0.717) is 6.61 Å². The normalized spacial score (nSPS) is 9.62. The summed E-state index contributed by atoms with van der Waals surface area (Å²) in [5.41, 5.74) is 2.63. The van der Waals surface area contributed by atoms with E-state index in [2.05, 4.69) is 11.1 Å². The zero-order valence-corrected chi connectivity index (χ0v) is 11.3. The smallest absolute Gasteiger partial charge is 0.870 e. The Hall–Kier alpha value is -2.37. The second-order valence-electron chi connectivity index (χ2n) is 4.35. The number of hydrogen-bond acceptors (Lipinski definition) is 4. The Morgan fingerprint density at radius 1 is 0.857 bits per heavy atom. The van der Waals surface area contributed by atoms with Gasteiger partial charge in [-0.1, -0.05) is 0 Å². The Morgan fingerprint density at radius 3 is 2.33 bits per heavy atom. The molecule has 1 heterocycles.